The predicted molar refractivity (Wildman–Crippen MR) is 121 cm³/mol. The maximum Gasteiger partial charge on any atom is 0.303 e. The van der Waals surface area contributed by atoms with Crippen molar-refractivity contribution in [2.24, 2.45) is 5.41 Å². The highest BCUT2D eigenvalue weighted by Crippen LogP contribution is 2.44. The lowest BCUT2D eigenvalue weighted by Gasteiger charge is -2.42. The summed E-state index contributed by atoms with van der Waals surface area (Å²) in [4.78, 5) is 36.8. The Morgan fingerprint density at radius 1 is 1.12 bits per heavy atom. The topological polar surface area (TPSA) is 107 Å². The van der Waals surface area contributed by atoms with Crippen LogP contribution in [0, 0.1) is 5.41 Å². The molecule has 3 heterocycles. The number of likely N-dealkylation sites (N-methyl/N-ethyl adjacent to an activating group) is 1. The Balaban J connectivity index is 1.45. The van der Waals surface area contributed by atoms with Crippen LogP contribution < -0.4 is 4.90 Å². The highest BCUT2D eigenvalue weighted by atomic mass is 16.4. The van der Waals surface area contributed by atoms with Crippen LogP contribution in [0.15, 0.2) is 30.7 Å². The summed E-state index contributed by atoms with van der Waals surface area (Å²) in [5.74, 6) is -0.930. The number of pyridine rings is 2. The molecule has 0 spiro atoms. The number of amides is 1. The smallest absolute Gasteiger partial charge is 0.303 e. The second-order valence-corrected chi connectivity index (χ2v) is 9.68. The third-order valence-corrected chi connectivity index (χ3v) is 7.09. The number of nitrogens with zero attached hydrogens (tertiary/aromatic N) is 4. The van der Waals surface area contributed by atoms with E-state index in [0.29, 0.717) is 13.0 Å². The molecule has 2 fully saturated rings. The number of hydrogen-bond acceptors (Lipinski definition) is 6. The van der Waals surface area contributed by atoms with E-state index in [4.69, 9.17) is 0 Å². The van der Waals surface area contributed by atoms with E-state index in [9.17, 15) is 19.8 Å². The van der Waals surface area contributed by atoms with Crippen molar-refractivity contribution >= 4 is 28.5 Å². The number of carboxylic acid groups (broad SMARTS) is 1. The number of carbonyl (C=O) groups excluding carboxylic acids is 1. The summed E-state index contributed by atoms with van der Waals surface area (Å²) in [6, 6.07) is 3.82. The molecule has 2 aliphatic rings. The summed E-state index contributed by atoms with van der Waals surface area (Å²) >= 11 is 0. The lowest BCUT2D eigenvalue weighted by atomic mass is 9.79. The van der Waals surface area contributed by atoms with E-state index in [0.717, 1.165) is 55.2 Å². The van der Waals surface area contributed by atoms with Crippen molar-refractivity contribution in [3.8, 4) is 0 Å². The summed E-state index contributed by atoms with van der Waals surface area (Å²) < 4.78 is 0. The second-order valence-electron chi connectivity index (χ2n) is 9.68. The van der Waals surface area contributed by atoms with Crippen LogP contribution in [-0.4, -0.2) is 69.2 Å². The molecule has 0 aromatic carbocycles. The fourth-order valence-electron chi connectivity index (χ4n) is 5.55. The fraction of sp³-hybridized carbons (Fsp3) is 0.583. The Morgan fingerprint density at radius 2 is 1.91 bits per heavy atom. The maximum absolute atomic E-state index is 13.0. The largest absolute Gasteiger partial charge is 0.481 e. The number of piperidine rings is 1. The van der Waals surface area contributed by atoms with E-state index in [1.54, 1.807) is 30.5 Å². The molecule has 32 heavy (non-hydrogen) atoms. The summed E-state index contributed by atoms with van der Waals surface area (Å²) in [6.07, 6.45) is 10.5. The number of anilines is 1. The minimum Gasteiger partial charge on any atom is -0.481 e. The lowest BCUT2D eigenvalue weighted by Crippen LogP contribution is -2.55. The highest BCUT2D eigenvalue weighted by molar-refractivity contribution is 5.90. The van der Waals surface area contributed by atoms with Crippen molar-refractivity contribution in [1.82, 2.24) is 14.9 Å². The molecule has 1 saturated heterocycles. The molecular formula is C24H32N4O4. The number of aliphatic carboxylic acids is 1. The number of rotatable bonds is 7. The number of carboxylic acids is 1. The number of β-amino-alcohol motifs (C(OH)–C–C–N with tert-alkyl or cyclic N) is 1. The minimum absolute atomic E-state index is 0.0355. The average molecular weight is 441 g/mol. The monoisotopic (exact) mass is 440 g/mol. The number of aliphatic hydroxyl groups is 1. The van der Waals surface area contributed by atoms with Crippen LogP contribution in [-0.2, 0) is 9.59 Å². The molecule has 0 bridgehead atoms. The van der Waals surface area contributed by atoms with Crippen LogP contribution in [0.2, 0.25) is 0 Å². The number of aromatic nitrogens is 2. The molecule has 1 saturated carbocycles. The van der Waals surface area contributed by atoms with Gasteiger partial charge in [-0.05, 0) is 43.2 Å². The summed E-state index contributed by atoms with van der Waals surface area (Å²) in [5, 5.41) is 21.7. The molecule has 0 unspecified atom stereocenters. The first kappa shape index (κ1) is 22.5. The van der Waals surface area contributed by atoms with E-state index in [2.05, 4.69) is 14.9 Å². The predicted octanol–water partition coefficient (Wildman–Crippen LogP) is 2.84. The van der Waals surface area contributed by atoms with Gasteiger partial charge in [0.05, 0.1) is 24.1 Å². The van der Waals surface area contributed by atoms with Crippen molar-refractivity contribution in [2.45, 2.75) is 57.0 Å². The van der Waals surface area contributed by atoms with Gasteiger partial charge in [-0.15, -0.1) is 0 Å². The molecule has 4 rings (SSSR count). The molecule has 2 aromatic rings. The van der Waals surface area contributed by atoms with E-state index < -0.39 is 17.0 Å². The van der Waals surface area contributed by atoms with Crippen LogP contribution in [0.1, 0.15) is 51.4 Å². The zero-order valence-electron chi connectivity index (χ0n) is 18.7. The van der Waals surface area contributed by atoms with E-state index in [1.165, 1.54) is 0 Å². The third kappa shape index (κ3) is 4.85. The van der Waals surface area contributed by atoms with Gasteiger partial charge >= 0.3 is 5.97 Å². The SMILES string of the molecule is CN(C[C@@]1(O)CCCN(c2ccnc3ccncc23)C1)C(=O)CC1(CC(=O)O)CCCC1. The number of fused-ring (bicyclic) bond motifs is 1. The molecule has 172 valence electrons. The van der Waals surface area contributed by atoms with Gasteiger partial charge in [0, 0.05) is 56.2 Å². The van der Waals surface area contributed by atoms with Gasteiger partial charge in [-0.2, -0.15) is 0 Å². The Hall–Kier alpha value is -2.74. The first-order chi connectivity index (χ1) is 15.3. The Morgan fingerprint density at radius 3 is 2.66 bits per heavy atom. The molecule has 2 aromatic heterocycles. The Kier molecular flexibility index (Phi) is 6.33. The second kappa shape index (κ2) is 9.02. The van der Waals surface area contributed by atoms with Gasteiger partial charge in [0.2, 0.25) is 5.91 Å². The lowest BCUT2D eigenvalue weighted by molar-refractivity contribution is -0.142. The third-order valence-electron chi connectivity index (χ3n) is 7.09. The highest BCUT2D eigenvalue weighted by Gasteiger charge is 2.40. The van der Waals surface area contributed by atoms with Gasteiger partial charge in [0.1, 0.15) is 0 Å². The molecular weight excluding hydrogens is 408 g/mol. The van der Waals surface area contributed by atoms with Crippen molar-refractivity contribution in [1.29, 1.82) is 0 Å². The minimum atomic E-state index is -1.03. The van der Waals surface area contributed by atoms with Gasteiger partial charge in [0.25, 0.3) is 0 Å². The number of hydrogen-bond donors (Lipinski definition) is 2. The van der Waals surface area contributed by atoms with Crippen molar-refractivity contribution in [2.75, 3.05) is 31.6 Å². The van der Waals surface area contributed by atoms with E-state index in [1.807, 2.05) is 12.1 Å². The Labute approximate surface area is 188 Å². The summed E-state index contributed by atoms with van der Waals surface area (Å²) in [6.45, 7) is 1.46. The summed E-state index contributed by atoms with van der Waals surface area (Å²) in [5.41, 5.74) is 0.373. The molecule has 0 radical (unpaired) electrons. The van der Waals surface area contributed by atoms with Gasteiger partial charge in [-0.1, -0.05) is 12.8 Å². The van der Waals surface area contributed by atoms with Crippen LogP contribution >= 0.6 is 0 Å². The molecule has 8 heteroatoms. The molecule has 1 aliphatic carbocycles. The molecule has 1 aliphatic heterocycles. The molecule has 1 atom stereocenters. The van der Waals surface area contributed by atoms with E-state index in [-0.39, 0.29) is 25.3 Å². The van der Waals surface area contributed by atoms with Gasteiger partial charge < -0.3 is 20.0 Å². The maximum atomic E-state index is 13.0. The van der Waals surface area contributed by atoms with Crippen LogP contribution in [0.3, 0.4) is 0 Å². The van der Waals surface area contributed by atoms with Crippen molar-refractivity contribution < 1.29 is 19.8 Å². The van der Waals surface area contributed by atoms with Gasteiger partial charge in [-0.25, -0.2) is 0 Å². The fourth-order valence-corrected chi connectivity index (χ4v) is 5.55. The van der Waals surface area contributed by atoms with Gasteiger partial charge in [0.15, 0.2) is 0 Å². The summed E-state index contributed by atoms with van der Waals surface area (Å²) in [7, 11) is 1.72. The van der Waals surface area contributed by atoms with Crippen LogP contribution in [0.5, 0.6) is 0 Å². The molecule has 2 N–H and O–H groups in total. The quantitative estimate of drug-likeness (QED) is 0.682. The van der Waals surface area contributed by atoms with Gasteiger partial charge in [-0.3, -0.25) is 19.6 Å². The standard InChI is InChI=1S/C24H32N4O4/c1-27(21(29)13-23(14-22(30)31)7-2-3-8-23)16-24(32)9-4-12-28(17-24)20-6-11-26-19-5-10-25-15-18(19)20/h5-6,10-11,15,32H,2-4,7-9,12-14,16-17H2,1H3,(H,30,31)/t24-/m0/s1. The normalized spacial score (nSPS) is 22.8. The van der Waals surface area contributed by atoms with Crippen molar-refractivity contribution in [3.63, 3.8) is 0 Å². The van der Waals surface area contributed by atoms with Crippen molar-refractivity contribution in [3.05, 3.63) is 30.7 Å². The molecule has 1 amide bonds. The Bertz CT molecular complexity index is 986. The van der Waals surface area contributed by atoms with Crippen LogP contribution in [0.4, 0.5) is 5.69 Å². The first-order valence-corrected chi connectivity index (χ1v) is 11.4. The average Bonchev–Trinajstić information content (AvgIpc) is 3.20. The number of carbonyl (C=O) groups is 2. The zero-order valence-corrected chi connectivity index (χ0v) is 18.7. The molecule has 8 nitrogen and oxygen atoms in total. The zero-order chi connectivity index (χ0) is 22.8. The van der Waals surface area contributed by atoms with Crippen LogP contribution in [0.25, 0.3) is 10.9 Å². The first-order valence-electron chi connectivity index (χ1n) is 11.4. The van der Waals surface area contributed by atoms with E-state index >= 15 is 0 Å².